The van der Waals surface area contributed by atoms with Gasteiger partial charge in [-0.1, -0.05) is 32.9 Å². The second-order valence-electron chi connectivity index (χ2n) is 5.06. The number of aliphatic hydroxyl groups excluding tert-OH is 1. The number of hydrogen-bond acceptors (Lipinski definition) is 2. The molecule has 1 aromatic rings. The van der Waals surface area contributed by atoms with Crippen LogP contribution in [0, 0.1) is 11.8 Å². The summed E-state index contributed by atoms with van der Waals surface area (Å²) in [6.07, 6.45) is 1.53. The predicted octanol–water partition coefficient (Wildman–Crippen LogP) is 3.28. The monoisotopic (exact) mass is 236 g/mol. The summed E-state index contributed by atoms with van der Waals surface area (Å²) in [6.45, 7) is 6.42. The Morgan fingerprint density at radius 1 is 1.12 bits per heavy atom. The highest BCUT2D eigenvalue weighted by atomic mass is 16.5. The molecule has 0 saturated heterocycles. The SMILES string of the molecule is COc1ccc(CCC(O)C(C)C(C)C)cc1. The Hall–Kier alpha value is -1.02. The van der Waals surface area contributed by atoms with E-state index < -0.39 is 0 Å². The Morgan fingerprint density at radius 2 is 1.71 bits per heavy atom. The molecule has 0 aliphatic carbocycles. The molecule has 0 heterocycles. The second kappa shape index (κ2) is 6.65. The van der Waals surface area contributed by atoms with Crippen LogP contribution in [0.1, 0.15) is 32.8 Å². The third-order valence-corrected chi connectivity index (χ3v) is 3.55. The molecule has 0 radical (unpaired) electrons. The van der Waals surface area contributed by atoms with Crippen LogP contribution in [0.3, 0.4) is 0 Å². The van der Waals surface area contributed by atoms with E-state index in [0.717, 1.165) is 18.6 Å². The van der Waals surface area contributed by atoms with Gasteiger partial charge in [0.25, 0.3) is 0 Å². The van der Waals surface area contributed by atoms with Crippen molar-refractivity contribution in [1.82, 2.24) is 0 Å². The molecule has 0 aromatic heterocycles. The molecule has 96 valence electrons. The van der Waals surface area contributed by atoms with Crippen LogP contribution in [0.5, 0.6) is 5.75 Å². The lowest BCUT2D eigenvalue weighted by Crippen LogP contribution is -2.22. The molecule has 0 fully saturated rings. The Labute approximate surface area is 105 Å². The zero-order valence-corrected chi connectivity index (χ0v) is 11.3. The van der Waals surface area contributed by atoms with E-state index in [2.05, 4.69) is 32.9 Å². The third kappa shape index (κ3) is 4.39. The van der Waals surface area contributed by atoms with E-state index in [0.29, 0.717) is 11.8 Å². The summed E-state index contributed by atoms with van der Waals surface area (Å²) in [5.41, 5.74) is 1.25. The van der Waals surface area contributed by atoms with Crippen LogP contribution in [0.25, 0.3) is 0 Å². The van der Waals surface area contributed by atoms with Crippen molar-refractivity contribution in [1.29, 1.82) is 0 Å². The standard InChI is InChI=1S/C15H24O2/c1-11(2)12(3)15(16)10-7-13-5-8-14(17-4)9-6-13/h5-6,8-9,11-12,15-16H,7,10H2,1-4H3. The second-order valence-corrected chi connectivity index (χ2v) is 5.06. The summed E-state index contributed by atoms with van der Waals surface area (Å²) in [6, 6.07) is 8.05. The smallest absolute Gasteiger partial charge is 0.118 e. The molecule has 0 aliphatic heterocycles. The maximum Gasteiger partial charge on any atom is 0.118 e. The van der Waals surface area contributed by atoms with Gasteiger partial charge in [0.15, 0.2) is 0 Å². The minimum Gasteiger partial charge on any atom is -0.497 e. The zero-order valence-electron chi connectivity index (χ0n) is 11.3. The molecule has 2 heteroatoms. The first-order chi connectivity index (χ1) is 8.04. The highest BCUT2D eigenvalue weighted by Crippen LogP contribution is 2.19. The molecular formula is C15H24O2. The minimum absolute atomic E-state index is 0.211. The number of benzene rings is 1. The molecule has 0 spiro atoms. The average Bonchev–Trinajstić information content (AvgIpc) is 2.35. The van der Waals surface area contributed by atoms with Crippen LogP contribution in [0.4, 0.5) is 0 Å². The third-order valence-electron chi connectivity index (χ3n) is 3.55. The van der Waals surface area contributed by atoms with Gasteiger partial charge in [0.2, 0.25) is 0 Å². The van der Waals surface area contributed by atoms with Crippen LogP contribution >= 0.6 is 0 Å². The van der Waals surface area contributed by atoms with E-state index in [1.165, 1.54) is 5.56 Å². The summed E-state index contributed by atoms with van der Waals surface area (Å²) >= 11 is 0. The zero-order chi connectivity index (χ0) is 12.8. The maximum absolute atomic E-state index is 10.0. The van der Waals surface area contributed by atoms with Crippen molar-refractivity contribution in [2.24, 2.45) is 11.8 Å². The first-order valence-corrected chi connectivity index (χ1v) is 6.35. The lowest BCUT2D eigenvalue weighted by molar-refractivity contribution is 0.0842. The fourth-order valence-electron chi connectivity index (χ4n) is 1.81. The number of rotatable bonds is 6. The summed E-state index contributed by atoms with van der Waals surface area (Å²) in [5, 5.41) is 10.0. The predicted molar refractivity (Wildman–Crippen MR) is 71.3 cm³/mol. The van der Waals surface area contributed by atoms with Crippen molar-refractivity contribution in [2.45, 2.75) is 39.7 Å². The van der Waals surface area contributed by atoms with Crippen LogP contribution in [-0.2, 0) is 6.42 Å². The molecule has 2 nitrogen and oxygen atoms in total. The van der Waals surface area contributed by atoms with Crippen molar-refractivity contribution < 1.29 is 9.84 Å². The molecule has 1 aromatic carbocycles. The summed E-state index contributed by atoms with van der Waals surface area (Å²) in [7, 11) is 1.67. The lowest BCUT2D eigenvalue weighted by atomic mass is 9.89. The number of ether oxygens (including phenoxy) is 1. The first kappa shape index (κ1) is 14.0. The molecule has 0 bridgehead atoms. The van der Waals surface area contributed by atoms with Gasteiger partial charge in [-0.05, 0) is 42.4 Å². The quantitative estimate of drug-likeness (QED) is 0.821. The Kier molecular flexibility index (Phi) is 5.49. The van der Waals surface area contributed by atoms with Gasteiger partial charge in [-0.3, -0.25) is 0 Å². The van der Waals surface area contributed by atoms with E-state index in [1.807, 2.05) is 12.1 Å². The van der Waals surface area contributed by atoms with E-state index in [4.69, 9.17) is 4.74 Å². The largest absolute Gasteiger partial charge is 0.497 e. The van der Waals surface area contributed by atoms with Crippen LogP contribution in [0.15, 0.2) is 24.3 Å². The Balaban J connectivity index is 2.44. The Morgan fingerprint density at radius 3 is 2.18 bits per heavy atom. The molecule has 0 saturated carbocycles. The normalized spacial score (nSPS) is 14.7. The minimum atomic E-state index is -0.211. The summed E-state index contributed by atoms with van der Waals surface area (Å²) in [5.74, 6) is 1.76. The Bertz CT molecular complexity index is 316. The van der Waals surface area contributed by atoms with Gasteiger partial charge in [0.05, 0.1) is 13.2 Å². The van der Waals surface area contributed by atoms with Gasteiger partial charge in [0.1, 0.15) is 5.75 Å². The molecule has 0 aliphatic rings. The van der Waals surface area contributed by atoms with E-state index in [9.17, 15) is 5.11 Å². The van der Waals surface area contributed by atoms with Crippen molar-refractivity contribution in [3.05, 3.63) is 29.8 Å². The first-order valence-electron chi connectivity index (χ1n) is 6.35. The highest BCUT2D eigenvalue weighted by Gasteiger charge is 2.17. The highest BCUT2D eigenvalue weighted by molar-refractivity contribution is 5.27. The lowest BCUT2D eigenvalue weighted by Gasteiger charge is -2.22. The van der Waals surface area contributed by atoms with E-state index in [-0.39, 0.29) is 6.10 Å². The van der Waals surface area contributed by atoms with Gasteiger partial charge in [-0.2, -0.15) is 0 Å². The number of methoxy groups -OCH3 is 1. The van der Waals surface area contributed by atoms with Gasteiger partial charge in [-0.25, -0.2) is 0 Å². The van der Waals surface area contributed by atoms with Crippen molar-refractivity contribution in [2.75, 3.05) is 7.11 Å². The van der Waals surface area contributed by atoms with Crippen LogP contribution in [-0.4, -0.2) is 18.3 Å². The molecule has 1 N–H and O–H groups in total. The fourth-order valence-corrected chi connectivity index (χ4v) is 1.81. The molecule has 2 atom stereocenters. The van der Waals surface area contributed by atoms with Gasteiger partial charge in [0, 0.05) is 0 Å². The molecular weight excluding hydrogens is 212 g/mol. The summed E-state index contributed by atoms with van der Waals surface area (Å²) < 4.78 is 5.12. The number of aryl methyl sites for hydroxylation is 1. The van der Waals surface area contributed by atoms with E-state index in [1.54, 1.807) is 7.11 Å². The molecule has 1 rings (SSSR count). The fraction of sp³-hybridized carbons (Fsp3) is 0.600. The molecule has 0 amide bonds. The van der Waals surface area contributed by atoms with E-state index >= 15 is 0 Å². The van der Waals surface area contributed by atoms with Gasteiger partial charge in [-0.15, -0.1) is 0 Å². The number of aliphatic hydroxyl groups is 1. The van der Waals surface area contributed by atoms with Gasteiger partial charge < -0.3 is 9.84 Å². The average molecular weight is 236 g/mol. The van der Waals surface area contributed by atoms with Crippen LogP contribution < -0.4 is 4.74 Å². The maximum atomic E-state index is 10.0. The van der Waals surface area contributed by atoms with Crippen molar-refractivity contribution in [3.63, 3.8) is 0 Å². The topological polar surface area (TPSA) is 29.5 Å². The molecule has 2 unspecified atom stereocenters. The van der Waals surface area contributed by atoms with Crippen LogP contribution in [0.2, 0.25) is 0 Å². The van der Waals surface area contributed by atoms with Crippen molar-refractivity contribution >= 4 is 0 Å². The van der Waals surface area contributed by atoms with Crippen molar-refractivity contribution in [3.8, 4) is 5.75 Å². The molecule has 17 heavy (non-hydrogen) atoms. The summed E-state index contributed by atoms with van der Waals surface area (Å²) in [4.78, 5) is 0. The number of hydrogen-bond donors (Lipinski definition) is 1. The van der Waals surface area contributed by atoms with Gasteiger partial charge >= 0.3 is 0 Å².